The summed E-state index contributed by atoms with van der Waals surface area (Å²) in [6.45, 7) is 2.31. The van der Waals surface area contributed by atoms with Crippen LogP contribution >= 0.6 is 11.6 Å². The molecule has 0 aromatic heterocycles. The van der Waals surface area contributed by atoms with Gasteiger partial charge in [-0.1, -0.05) is 60.1 Å². The molecule has 0 atom stereocenters. The number of aryl methyl sites for hydroxylation is 1. The van der Waals surface area contributed by atoms with Gasteiger partial charge in [0.25, 0.3) is 0 Å². The summed E-state index contributed by atoms with van der Waals surface area (Å²) in [4.78, 5) is 12.3. The van der Waals surface area contributed by atoms with Crippen molar-refractivity contribution in [1.29, 1.82) is 0 Å². The van der Waals surface area contributed by atoms with Crippen LogP contribution in [0.1, 0.15) is 16.7 Å². The van der Waals surface area contributed by atoms with Gasteiger partial charge in [-0.15, -0.1) is 0 Å². The Labute approximate surface area is 175 Å². The minimum atomic E-state index is -0.262. The number of hydrogen-bond acceptors (Lipinski definition) is 3. The van der Waals surface area contributed by atoms with Crippen molar-refractivity contribution in [3.63, 3.8) is 0 Å². The Morgan fingerprint density at radius 3 is 2.59 bits per heavy atom. The summed E-state index contributed by atoms with van der Waals surface area (Å²) in [6.07, 6.45) is 3.16. The molecule has 0 radical (unpaired) electrons. The number of nitrogens with one attached hydrogen (secondary N) is 1. The maximum atomic E-state index is 12.3. The molecule has 5 heteroatoms. The number of carbonyl (C=O) groups excluding carboxylic acids is 1. The third kappa shape index (κ3) is 5.62. The molecule has 1 amide bonds. The van der Waals surface area contributed by atoms with E-state index in [-0.39, 0.29) is 5.91 Å². The molecule has 0 heterocycles. The van der Waals surface area contributed by atoms with Crippen LogP contribution in [0.2, 0.25) is 5.02 Å². The SMILES string of the molecule is COc1cccc(/C=C/C(=O)Nc2ccc(C)c(Cl)c2)c1OCc1ccccc1. The second-order valence-corrected chi connectivity index (χ2v) is 6.85. The van der Waals surface area contributed by atoms with E-state index in [4.69, 9.17) is 21.1 Å². The third-order valence-corrected chi connectivity index (χ3v) is 4.72. The number of hydrogen-bond donors (Lipinski definition) is 1. The Morgan fingerprint density at radius 1 is 1.07 bits per heavy atom. The van der Waals surface area contributed by atoms with Gasteiger partial charge in [-0.05, 0) is 42.3 Å². The van der Waals surface area contributed by atoms with Crippen LogP contribution in [-0.2, 0) is 11.4 Å². The molecule has 0 fully saturated rings. The minimum absolute atomic E-state index is 0.262. The number of rotatable bonds is 7. The maximum Gasteiger partial charge on any atom is 0.248 e. The molecule has 0 unspecified atom stereocenters. The fourth-order valence-corrected chi connectivity index (χ4v) is 2.91. The molecule has 0 aliphatic heterocycles. The summed E-state index contributed by atoms with van der Waals surface area (Å²) in [6, 6.07) is 20.8. The van der Waals surface area contributed by atoms with E-state index >= 15 is 0 Å². The van der Waals surface area contributed by atoms with Crippen LogP contribution < -0.4 is 14.8 Å². The number of anilines is 1. The molecule has 3 aromatic rings. The van der Waals surface area contributed by atoms with Gasteiger partial charge < -0.3 is 14.8 Å². The number of methoxy groups -OCH3 is 1. The monoisotopic (exact) mass is 407 g/mol. The molecule has 0 saturated heterocycles. The molecule has 3 rings (SSSR count). The first-order chi connectivity index (χ1) is 14.1. The van der Waals surface area contributed by atoms with Crippen LogP contribution in [0.25, 0.3) is 6.08 Å². The lowest BCUT2D eigenvalue weighted by Gasteiger charge is -2.13. The van der Waals surface area contributed by atoms with Crippen molar-refractivity contribution in [1.82, 2.24) is 0 Å². The summed E-state index contributed by atoms with van der Waals surface area (Å²) < 4.78 is 11.4. The normalized spacial score (nSPS) is 10.7. The van der Waals surface area contributed by atoms with Gasteiger partial charge in [-0.2, -0.15) is 0 Å². The largest absolute Gasteiger partial charge is 0.493 e. The van der Waals surface area contributed by atoms with E-state index < -0.39 is 0 Å². The number of amides is 1. The van der Waals surface area contributed by atoms with Gasteiger partial charge in [0.15, 0.2) is 11.5 Å². The van der Waals surface area contributed by atoms with E-state index in [1.165, 1.54) is 6.08 Å². The highest BCUT2D eigenvalue weighted by Gasteiger charge is 2.10. The maximum absolute atomic E-state index is 12.3. The first-order valence-corrected chi connectivity index (χ1v) is 9.53. The predicted molar refractivity (Wildman–Crippen MR) is 118 cm³/mol. The quantitative estimate of drug-likeness (QED) is 0.497. The van der Waals surface area contributed by atoms with Gasteiger partial charge in [0.05, 0.1) is 7.11 Å². The fourth-order valence-electron chi connectivity index (χ4n) is 2.73. The third-order valence-electron chi connectivity index (χ3n) is 4.31. The molecule has 1 N–H and O–H groups in total. The second kappa shape index (κ2) is 9.80. The number of carbonyl (C=O) groups is 1. The number of ether oxygens (including phenoxy) is 2. The van der Waals surface area contributed by atoms with Gasteiger partial charge in [0.1, 0.15) is 6.61 Å². The molecular formula is C24H22ClNO3. The average molecular weight is 408 g/mol. The van der Waals surface area contributed by atoms with Crippen molar-refractivity contribution in [3.05, 3.63) is 94.5 Å². The standard InChI is InChI=1S/C24H22ClNO3/c1-17-11-13-20(15-21(17)25)26-23(27)14-12-19-9-6-10-22(28-2)24(19)29-16-18-7-4-3-5-8-18/h3-15H,16H2,1-2H3,(H,26,27)/b14-12+. The summed E-state index contributed by atoms with van der Waals surface area (Å²) in [5, 5.41) is 3.41. The molecule has 0 aliphatic rings. The molecular weight excluding hydrogens is 386 g/mol. The highest BCUT2D eigenvalue weighted by molar-refractivity contribution is 6.31. The zero-order chi connectivity index (χ0) is 20.6. The van der Waals surface area contributed by atoms with Crippen molar-refractivity contribution in [2.75, 3.05) is 12.4 Å². The van der Waals surface area contributed by atoms with E-state index in [1.54, 1.807) is 19.3 Å². The molecule has 0 saturated carbocycles. The van der Waals surface area contributed by atoms with Crippen molar-refractivity contribution in [2.45, 2.75) is 13.5 Å². The Hall–Kier alpha value is -3.24. The van der Waals surface area contributed by atoms with Gasteiger partial charge in [-0.25, -0.2) is 0 Å². The van der Waals surface area contributed by atoms with Gasteiger partial charge in [0.2, 0.25) is 5.91 Å². The van der Waals surface area contributed by atoms with Gasteiger partial charge >= 0.3 is 0 Å². The summed E-state index contributed by atoms with van der Waals surface area (Å²) in [5.41, 5.74) is 3.39. The van der Waals surface area contributed by atoms with E-state index in [9.17, 15) is 4.79 Å². The zero-order valence-electron chi connectivity index (χ0n) is 16.3. The van der Waals surface area contributed by atoms with Crippen LogP contribution in [0.4, 0.5) is 5.69 Å². The lowest BCUT2D eigenvalue weighted by molar-refractivity contribution is -0.111. The lowest BCUT2D eigenvalue weighted by Crippen LogP contribution is -2.07. The molecule has 3 aromatic carbocycles. The Bertz CT molecular complexity index is 1020. The van der Waals surface area contributed by atoms with Crippen molar-refractivity contribution in [2.24, 2.45) is 0 Å². The lowest BCUT2D eigenvalue weighted by atomic mass is 10.1. The Morgan fingerprint density at radius 2 is 1.86 bits per heavy atom. The summed E-state index contributed by atoms with van der Waals surface area (Å²) in [7, 11) is 1.59. The van der Waals surface area contributed by atoms with Crippen molar-refractivity contribution in [3.8, 4) is 11.5 Å². The average Bonchev–Trinajstić information content (AvgIpc) is 2.74. The summed E-state index contributed by atoms with van der Waals surface area (Å²) >= 11 is 6.11. The van der Waals surface area contributed by atoms with Crippen LogP contribution in [0.15, 0.2) is 72.8 Å². The van der Waals surface area contributed by atoms with E-state index in [0.717, 1.165) is 16.7 Å². The first kappa shape index (κ1) is 20.5. The fraction of sp³-hybridized carbons (Fsp3) is 0.125. The zero-order valence-corrected chi connectivity index (χ0v) is 17.1. The molecule has 148 valence electrons. The summed E-state index contributed by atoms with van der Waals surface area (Å²) in [5.74, 6) is 0.928. The van der Waals surface area contributed by atoms with Crippen molar-refractivity contribution >= 4 is 29.3 Å². The molecule has 0 aliphatic carbocycles. The Balaban J connectivity index is 1.75. The molecule has 0 spiro atoms. The highest BCUT2D eigenvalue weighted by Crippen LogP contribution is 2.32. The van der Waals surface area contributed by atoms with E-state index in [1.807, 2.05) is 67.6 Å². The molecule has 0 bridgehead atoms. The number of benzene rings is 3. The van der Waals surface area contributed by atoms with E-state index in [2.05, 4.69) is 5.32 Å². The first-order valence-electron chi connectivity index (χ1n) is 9.16. The van der Waals surface area contributed by atoms with Gasteiger partial charge in [0, 0.05) is 22.3 Å². The van der Waals surface area contributed by atoms with Crippen LogP contribution in [-0.4, -0.2) is 13.0 Å². The smallest absolute Gasteiger partial charge is 0.248 e. The van der Waals surface area contributed by atoms with Crippen LogP contribution in [0.5, 0.6) is 11.5 Å². The predicted octanol–water partition coefficient (Wildman–Crippen LogP) is 5.89. The minimum Gasteiger partial charge on any atom is -0.493 e. The Kier molecular flexibility index (Phi) is 6.93. The highest BCUT2D eigenvalue weighted by atomic mass is 35.5. The second-order valence-electron chi connectivity index (χ2n) is 6.44. The number of halogens is 1. The van der Waals surface area contributed by atoms with E-state index in [0.29, 0.717) is 28.8 Å². The molecule has 4 nitrogen and oxygen atoms in total. The molecule has 29 heavy (non-hydrogen) atoms. The van der Waals surface area contributed by atoms with Crippen molar-refractivity contribution < 1.29 is 14.3 Å². The van der Waals surface area contributed by atoms with Crippen LogP contribution in [0.3, 0.4) is 0 Å². The van der Waals surface area contributed by atoms with Gasteiger partial charge in [-0.3, -0.25) is 4.79 Å². The van der Waals surface area contributed by atoms with Crippen LogP contribution in [0, 0.1) is 6.92 Å². The topological polar surface area (TPSA) is 47.6 Å². The number of para-hydroxylation sites is 1.